The van der Waals surface area contributed by atoms with Gasteiger partial charge in [-0.05, 0) is 30.7 Å². The molecule has 0 saturated carbocycles. The number of rotatable bonds is 4. The summed E-state index contributed by atoms with van der Waals surface area (Å²) in [6.07, 6.45) is 0. The molecule has 0 aliphatic heterocycles. The van der Waals surface area contributed by atoms with E-state index in [0.717, 1.165) is 5.56 Å². The Morgan fingerprint density at radius 3 is 1.96 bits per heavy atom. The second-order valence-corrected chi connectivity index (χ2v) is 7.30. The minimum Gasteiger partial charge on any atom is -0.307 e. The maximum Gasteiger partial charge on any atom is 0.323 e. The SMILES string of the molecule is Cc1ccccc1NC(=O)Nc1ccccc1-c1ccccc1S(=O)(=O)O. The van der Waals surface area contributed by atoms with Crippen molar-refractivity contribution in [3.8, 4) is 11.1 Å². The van der Waals surface area contributed by atoms with Gasteiger partial charge in [-0.2, -0.15) is 8.42 Å². The van der Waals surface area contributed by atoms with Gasteiger partial charge in [0, 0.05) is 16.8 Å². The van der Waals surface area contributed by atoms with E-state index in [9.17, 15) is 17.8 Å². The van der Waals surface area contributed by atoms with Crippen molar-refractivity contribution in [1.82, 2.24) is 0 Å². The van der Waals surface area contributed by atoms with Gasteiger partial charge in [-0.3, -0.25) is 4.55 Å². The Hall–Kier alpha value is -3.16. The van der Waals surface area contributed by atoms with Gasteiger partial charge in [-0.1, -0.05) is 54.6 Å². The third-order valence-corrected chi connectivity index (χ3v) is 4.94. The van der Waals surface area contributed by atoms with Crippen molar-refractivity contribution in [3.05, 3.63) is 78.4 Å². The average Bonchev–Trinajstić information content (AvgIpc) is 2.63. The molecule has 0 aromatic heterocycles. The fraction of sp³-hybridized carbons (Fsp3) is 0.0500. The number of carbonyl (C=O) groups is 1. The van der Waals surface area contributed by atoms with E-state index in [4.69, 9.17) is 0 Å². The van der Waals surface area contributed by atoms with Crippen molar-refractivity contribution in [2.45, 2.75) is 11.8 Å². The van der Waals surface area contributed by atoms with Gasteiger partial charge in [0.05, 0.1) is 5.69 Å². The number of hydrogen-bond acceptors (Lipinski definition) is 3. The number of anilines is 2. The molecule has 3 aromatic carbocycles. The molecule has 0 aliphatic rings. The van der Waals surface area contributed by atoms with E-state index < -0.39 is 16.1 Å². The third-order valence-electron chi connectivity index (χ3n) is 4.02. The molecule has 2 amide bonds. The van der Waals surface area contributed by atoms with Gasteiger partial charge in [-0.25, -0.2) is 4.79 Å². The molecular formula is C20H18N2O4S. The Morgan fingerprint density at radius 2 is 1.30 bits per heavy atom. The second-order valence-electron chi connectivity index (χ2n) is 5.91. The van der Waals surface area contributed by atoms with Gasteiger partial charge in [0.15, 0.2) is 0 Å². The van der Waals surface area contributed by atoms with Crippen molar-refractivity contribution in [3.63, 3.8) is 0 Å². The van der Waals surface area contributed by atoms with Gasteiger partial charge >= 0.3 is 6.03 Å². The smallest absolute Gasteiger partial charge is 0.307 e. The molecule has 0 aliphatic carbocycles. The molecule has 6 nitrogen and oxygen atoms in total. The quantitative estimate of drug-likeness (QED) is 0.577. The monoisotopic (exact) mass is 382 g/mol. The summed E-state index contributed by atoms with van der Waals surface area (Å²) >= 11 is 0. The number of urea groups is 1. The van der Waals surface area contributed by atoms with Crippen LogP contribution in [0.4, 0.5) is 16.2 Å². The predicted octanol–water partition coefficient (Wildman–Crippen LogP) is 4.55. The highest BCUT2D eigenvalue weighted by Gasteiger charge is 2.18. The van der Waals surface area contributed by atoms with Crippen LogP contribution in [0.25, 0.3) is 11.1 Å². The lowest BCUT2D eigenvalue weighted by Gasteiger charge is -2.14. The van der Waals surface area contributed by atoms with Gasteiger partial charge in [-0.15, -0.1) is 0 Å². The van der Waals surface area contributed by atoms with Crippen molar-refractivity contribution >= 4 is 27.5 Å². The summed E-state index contributed by atoms with van der Waals surface area (Å²) in [5, 5.41) is 5.50. The second kappa shape index (κ2) is 7.61. The third kappa shape index (κ3) is 4.33. The van der Waals surface area contributed by atoms with Crippen molar-refractivity contribution in [1.29, 1.82) is 0 Å². The summed E-state index contributed by atoms with van der Waals surface area (Å²) in [6, 6.07) is 19.8. The predicted molar refractivity (Wildman–Crippen MR) is 106 cm³/mol. The summed E-state index contributed by atoms with van der Waals surface area (Å²) in [7, 11) is -4.41. The van der Waals surface area contributed by atoms with Gasteiger partial charge in [0.1, 0.15) is 4.90 Å². The van der Waals surface area contributed by atoms with Crippen LogP contribution in [0.2, 0.25) is 0 Å². The highest BCUT2D eigenvalue weighted by atomic mass is 32.2. The largest absolute Gasteiger partial charge is 0.323 e. The normalized spacial score (nSPS) is 11.0. The molecule has 0 heterocycles. The zero-order valence-electron chi connectivity index (χ0n) is 14.5. The number of para-hydroxylation sites is 2. The molecule has 3 rings (SSSR count). The first-order chi connectivity index (χ1) is 12.9. The van der Waals surface area contributed by atoms with E-state index in [-0.39, 0.29) is 4.90 Å². The lowest BCUT2D eigenvalue weighted by Crippen LogP contribution is -2.20. The Bertz CT molecular complexity index is 1090. The number of hydrogen-bond donors (Lipinski definition) is 3. The number of benzene rings is 3. The number of carbonyl (C=O) groups excluding carboxylic acids is 1. The summed E-state index contributed by atoms with van der Waals surface area (Å²) in [6.45, 7) is 1.88. The average molecular weight is 382 g/mol. The first kappa shape index (κ1) is 18.6. The minimum atomic E-state index is -4.41. The molecule has 0 fully saturated rings. The topological polar surface area (TPSA) is 95.5 Å². The van der Waals surface area contributed by atoms with Gasteiger partial charge < -0.3 is 10.6 Å². The van der Waals surface area contributed by atoms with Crippen LogP contribution in [0.3, 0.4) is 0 Å². The standard InChI is InChI=1S/C20H18N2O4S/c1-14-8-2-5-11-17(14)21-20(23)22-18-12-6-3-9-15(18)16-10-4-7-13-19(16)27(24,25)26/h2-13H,1H3,(H2,21,22,23)(H,24,25,26). The van der Waals surface area contributed by atoms with Crippen LogP contribution in [0, 0.1) is 6.92 Å². The van der Waals surface area contributed by atoms with Crippen LogP contribution >= 0.6 is 0 Å². The van der Waals surface area contributed by atoms with Crippen molar-refractivity contribution in [2.24, 2.45) is 0 Å². The summed E-state index contributed by atoms with van der Waals surface area (Å²) in [4.78, 5) is 12.2. The summed E-state index contributed by atoms with van der Waals surface area (Å²) in [5.41, 5.74) is 2.78. The van der Waals surface area contributed by atoms with Crippen LogP contribution < -0.4 is 10.6 Å². The van der Waals surface area contributed by atoms with Crippen LogP contribution in [0.1, 0.15) is 5.56 Å². The highest BCUT2D eigenvalue weighted by Crippen LogP contribution is 2.33. The molecule has 7 heteroatoms. The van der Waals surface area contributed by atoms with Gasteiger partial charge in [0.2, 0.25) is 0 Å². The zero-order valence-corrected chi connectivity index (χ0v) is 15.3. The van der Waals surface area contributed by atoms with Crippen LogP contribution in [-0.2, 0) is 10.1 Å². The molecule has 0 radical (unpaired) electrons. The van der Waals surface area contributed by atoms with E-state index in [1.54, 1.807) is 42.5 Å². The fourth-order valence-electron chi connectivity index (χ4n) is 2.73. The zero-order chi connectivity index (χ0) is 19.4. The Balaban J connectivity index is 1.94. The molecule has 138 valence electrons. The Labute approximate surface area is 157 Å². The highest BCUT2D eigenvalue weighted by molar-refractivity contribution is 7.86. The maximum absolute atomic E-state index is 12.4. The molecule has 0 unspecified atom stereocenters. The summed E-state index contributed by atoms with van der Waals surface area (Å²) in [5.74, 6) is 0. The molecule has 0 spiro atoms. The van der Waals surface area contributed by atoms with E-state index in [2.05, 4.69) is 10.6 Å². The van der Waals surface area contributed by atoms with Crippen LogP contribution in [0.5, 0.6) is 0 Å². The first-order valence-electron chi connectivity index (χ1n) is 8.16. The molecule has 0 bridgehead atoms. The molecule has 3 aromatic rings. The molecule has 0 atom stereocenters. The summed E-state index contributed by atoms with van der Waals surface area (Å²) < 4.78 is 32.9. The maximum atomic E-state index is 12.4. The van der Waals surface area contributed by atoms with Crippen molar-refractivity contribution in [2.75, 3.05) is 10.6 Å². The van der Waals surface area contributed by atoms with E-state index in [0.29, 0.717) is 22.5 Å². The first-order valence-corrected chi connectivity index (χ1v) is 9.60. The van der Waals surface area contributed by atoms with Crippen LogP contribution in [0.15, 0.2) is 77.7 Å². The Kier molecular flexibility index (Phi) is 5.25. The Morgan fingerprint density at radius 1 is 0.778 bits per heavy atom. The minimum absolute atomic E-state index is 0.224. The molecule has 3 N–H and O–H groups in total. The van der Waals surface area contributed by atoms with Gasteiger partial charge in [0.25, 0.3) is 10.1 Å². The van der Waals surface area contributed by atoms with Crippen molar-refractivity contribution < 1.29 is 17.8 Å². The van der Waals surface area contributed by atoms with E-state index in [1.165, 1.54) is 12.1 Å². The number of aryl methyl sites for hydroxylation is 1. The number of amides is 2. The molecular weight excluding hydrogens is 364 g/mol. The van der Waals surface area contributed by atoms with E-state index >= 15 is 0 Å². The fourth-order valence-corrected chi connectivity index (χ4v) is 3.44. The number of nitrogens with one attached hydrogen (secondary N) is 2. The van der Waals surface area contributed by atoms with Crippen LogP contribution in [-0.4, -0.2) is 19.0 Å². The lowest BCUT2D eigenvalue weighted by atomic mass is 10.0. The molecule has 27 heavy (non-hydrogen) atoms. The lowest BCUT2D eigenvalue weighted by molar-refractivity contribution is 0.262. The molecule has 0 saturated heterocycles. The van der Waals surface area contributed by atoms with E-state index in [1.807, 2.05) is 25.1 Å².